The minimum atomic E-state index is -0.311. The minimum absolute atomic E-state index is 0.159. The Morgan fingerprint density at radius 3 is 2.57 bits per heavy atom. The summed E-state index contributed by atoms with van der Waals surface area (Å²) in [5.41, 5.74) is 2.32. The summed E-state index contributed by atoms with van der Waals surface area (Å²) in [6.45, 7) is 2.15. The van der Waals surface area contributed by atoms with Crippen LogP contribution in [0.25, 0.3) is 0 Å². The lowest BCUT2D eigenvalue weighted by Crippen LogP contribution is -2.13. The number of nitrogens with one attached hydrogen (secondary N) is 2. The van der Waals surface area contributed by atoms with Crippen LogP contribution in [0.1, 0.15) is 15.9 Å². The lowest BCUT2D eigenvalue weighted by atomic mass is 10.2. The van der Waals surface area contributed by atoms with Crippen molar-refractivity contribution >= 4 is 23.2 Å². The van der Waals surface area contributed by atoms with E-state index < -0.39 is 0 Å². The zero-order valence-corrected chi connectivity index (χ0v) is 15.4. The third-order valence-corrected chi connectivity index (χ3v) is 4.16. The van der Waals surface area contributed by atoms with Crippen LogP contribution in [0, 0.1) is 6.92 Å². The fourth-order valence-corrected chi connectivity index (χ4v) is 2.75. The molecule has 28 heavy (non-hydrogen) atoms. The van der Waals surface area contributed by atoms with Gasteiger partial charge in [0.05, 0.1) is 12.8 Å². The van der Waals surface area contributed by atoms with E-state index in [1.807, 2.05) is 25.1 Å². The number of nitrogens with zero attached hydrogens (tertiary/aromatic N) is 2. The summed E-state index contributed by atoms with van der Waals surface area (Å²) in [5.74, 6) is 2.43. The molecule has 0 radical (unpaired) electrons. The van der Waals surface area contributed by atoms with E-state index in [1.165, 1.54) is 0 Å². The zero-order chi connectivity index (χ0) is 19.5. The number of ether oxygens (including phenoxy) is 3. The number of benzene rings is 2. The molecule has 0 bridgehead atoms. The number of aromatic nitrogens is 2. The molecule has 2 N–H and O–H groups in total. The van der Waals surface area contributed by atoms with Gasteiger partial charge in [-0.3, -0.25) is 4.79 Å². The highest BCUT2D eigenvalue weighted by Crippen LogP contribution is 2.32. The molecule has 8 nitrogen and oxygen atoms in total. The Kier molecular flexibility index (Phi) is 4.67. The van der Waals surface area contributed by atoms with Crippen molar-refractivity contribution in [1.82, 2.24) is 10.2 Å². The summed E-state index contributed by atoms with van der Waals surface area (Å²) >= 11 is 0. The van der Waals surface area contributed by atoms with E-state index in [1.54, 1.807) is 37.4 Å². The summed E-state index contributed by atoms with van der Waals surface area (Å²) < 4.78 is 15.9. The van der Waals surface area contributed by atoms with Crippen LogP contribution < -0.4 is 24.8 Å². The molecule has 1 aliphatic heterocycles. The molecule has 1 aromatic heterocycles. The maximum absolute atomic E-state index is 12.4. The monoisotopic (exact) mass is 378 g/mol. The van der Waals surface area contributed by atoms with Crippen molar-refractivity contribution in [2.75, 3.05) is 24.5 Å². The fraction of sp³-hybridized carbons (Fsp3) is 0.150. The molecule has 0 aliphatic carbocycles. The second-order valence-corrected chi connectivity index (χ2v) is 6.15. The van der Waals surface area contributed by atoms with E-state index in [0.717, 1.165) is 11.3 Å². The quantitative estimate of drug-likeness (QED) is 0.701. The van der Waals surface area contributed by atoms with Gasteiger partial charge in [0.2, 0.25) is 6.79 Å². The molecule has 2 heterocycles. The normalized spacial score (nSPS) is 11.8. The van der Waals surface area contributed by atoms with Gasteiger partial charge in [-0.1, -0.05) is 6.07 Å². The molecule has 0 saturated heterocycles. The molecule has 4 rings (SSSR count). The van der Waals surface area contributed by atoms with E-state index in [4.69, 9.17) is 14.2 Å². The fourth-order valence-electron chi connectivity index (χ4n) is 2.75. The summed E-state index contributed by atoms with van der Waals surface area (Å²) in [6.07, 6.45) is 0. The SMILES string of the molecule is COc1ccc(C)cc1Nc1ccc(NC(=O)c2ccc3c(c2)OCO3)nn1. The summed E-state index contributed by atoms with van der Waals surface area (Å²) in [7, 11) is 1.61. The largest absolute Gasteiger partial charge is 0.495 e. The van der Waals surface area contributed by atoms with Crippen LogP contribution in [0.5, 0.6) is 17.2 Å². The number of carbonyl (C=O) groups is 1. The van der Waals surface area contributed by atoms with E-state index in [-0.39, 0.29) is 12.7 Å². The highest BCUT2D eigenvalue weighted by atomic mass is 16.7. The lowest BCUT2D eigenvalue weighted by Gasteiger charge is -2.11. The predicted octanol–water partition coefficient (Wildman–Crippen LogP) is 3.52. The highest BCUT2D eigenvalue weighted by Gasteiger charge is 2.16. The third kappa shape index (κ3) is 3.66. The van der Waals surface area contributed by atoms with Crippen molar-refractivity contribution < 1.29 is 19.0 Å². The van der Waals surface area contributed by atoms with Gasteiger partial charge >= 0.3 is 0 Å². The van der Waals surface area contributed by atoms with Crippen LogP contribution in [0.2, 0.25) is 0 Å². The first-order valence-corrected chi connectivity index (χ1v) is 8.59. The van der Waals surface area contributed by atoms with Gasteiger partial charge in [0.15, 0.2) is 23.1 Å². The smallest absolute Gasteiger partial charge is 0.257 e. The van der Waals surface area contributed by atoms with Crippen LogP contribution >= 0.6 is 0 Å². The highest BCUT2D eigenvalue weighted by molar-refractivity contribution is 6.04. The van der Waals surface area contributed by atoms with Crippen LogP contribution in [0.4, 0.5) is 17.3 Å². The standard InChI is InChI=1S/C20H18N4O4/c1-12-3-5-15(26-2)14(9-12)21-18-7-8-19(24-23-18)22-20(25)13-4-6-16-17(10-13)28-11-27-16/h3-10H,11H2,1-2H3,(H,21,23)(H,22,24,25). The maximum Gasteiger partial charge on any atom is 0.257 e. The molecule has 0 unspecified atom stereocenters. The number of aryl methyl sites for hydroxylation is 1. The molecule has 3 aromatic rings. The molecule has 1 amide bonds. The second-order valence-electron chi connectivity index (χ2n) is 6.15. The van der Waals surface area contributed by atoms with Gasteiger partial charge in [0.1, 0.15) is 5.75 Å². The van der Waals surface area contributed by atoms with Gasteiger partial charge in [0.25, 0.3) is 5.91 Å². The third-order valence-electron chi connectivity index (χ3n) is 4.16. The van der Waals surface area contributed by atoms with E-state index in [0.29, 0.717) is 34.4 Å². The van der Waals surface area contributed by atoms with E-state index in [9.17, 15) is 4.79 Å². The van der Waals surface area contributed by atoms with Gasteiger partial charge in [0, 0.05) is 5.56 Å². The van der Waals surface area contributed by atoms with Crippen molar-refractivity contribution in [3.8, 4) is 17.2 Å². The van der Waals surface area contributed by atoms with Gasteiger partial charge in [-0.2, -0.15) is 0 Å². The first-order chi connectivity index (χ1) is 13.6. The predicted molar refractivity (Wildman–Crippen MR) is 104 cm³/mol. The number of hydrogen-bond acceptors (Lipinski definition) is 7. The molecule has 142 valence electrons. The van der Waals surface area contributed by atoms with Crippen molar-refractivity contribution in [2.45, 2.75) is 6.92 Å². The van der Waals surface area contributed by atoms with Gasteiger partial charge in [-0.15, -0.1) is 10.2 Å². The number of amides is 1. The van der Waals surface area contributed by atoms with Crippen molar-refractivity contribution in [3.63, 3.8) is 0 Å². The number of hydrogen-bond donors (Lipinski definition) is 2. The Labute approximate surface area is 161 Å². The Morgan fingerprint density at radius 2 is 1.79 bits per heavy atom. The molecule has 1 aliphatic rings. The first-order valence-electron chi connectivity index (χ1n) is 8.59. The van der Waals surface area contributed by atoms with Crippen molar-refractivity contribution in [3.05, 3.63) is 59.7 Å². The molecule has 0 saturated carbocycles. The maximum atomic E-state index is 12.4. The van der Waals surface area contributed by atoms with Crippen molar-refractivity contribution in [1.29, 1.82) is 0 Å². The average molecular weight is 378 g/mol. The Balaban J connectivity index is 1.45. The Bertz CT molecular complexity index is 1020. The number of fused-ring (bicyclic) bond motifs is 1. The minimum Gasteiger partial charge on any atom is -0.495 e. The zero-order valence-electron chi connectivity index (χ0n) is 15.4. The Hall–Kier alpha value is -3.81. The van der Waals surface area contributed by atoms with Gasteiger partial charge in [-0.25, -0.2) is 0 Å². The lowest BCUT2D eigenvalue weighted by molar-refractivity contribution is 0.102. The summed E-state index contributed by atoms with van der Waals surface area (Å²) in [4.78, 5) is 12.4. The van der Waals surface area contributed by atoms with Gasteiger partial charge in [-0.05, 0) is 55.0 Å². The number of anilines is 3. The molecule has 0 spiro atoms. The van der Waals surface area contributed by atoms with Crippen LogP contribution in [-0.4, -0.2) is 30.0 Å². The van der Waals surface area contributed by atoms with Gasteiger partial charge < -0.3 is 24.8 Å². The molecule has 0 fully saturated rings. The van der Waals surface area contributed by atoms with Crippen LogP contribution in [-0.2, 0) is 0 Å². The number of methoxy groups -OCH3 is 1. The van der Waals surface area contributed by atoms with E-state index >= 15 is 0 Å². The second kappa shape index (κ2) is 7.43. The molecule has 8 heteroatoms. The summed E-state index contributed by atoms with van der Waals surface area (Å²) in [6, 6.07) is 14.2. The van der Waals surface area contributed by atoms with Crippen molar-refractivity contribution in [2.24, 2.45) is 0 Å². The summed E-state index contributed by atoms with van der Waals surface area (Å²) in [5, 5.41) is 14.0. The Morgan fingerprint density at radius 1 is 1.00 bits per heavy atom. The van der Waals surface area contributed by atoms with Crippen LogP contribution in [0.15, 0.2) is 48.5 Å². The number of rotatable bonds is 5. The molecule has 0 atom stereocenters. The van der Waals surface area contributed by atoms with Crippen LogP contribution in [0.3, 0.4) is 0 Å². The number of carbonyl (C=O) groups excluding carboxylic acids is 1. The van der Waals surface area contributed by atoms with E-state index in [2.05, 4.69) is 20.8 Å². The molecule has 2 aromatic carbocycles. The molecular formula is C20H18N4O4. The molecular weight excluding hydrogens is 360 g/mol. The first kappa shape index (κ1) is 17.6. The topological polar surface area (TPSA) is 94.6 Å². The average Bonchev–Trinajstić information content (AvgIpc) is 3.17.